The molecule has 1 aromatic heterocycles. The minimum Gasteiger partial charge on any atom is -0.381 e. The van der Waals surface area contributed by atoms with E-state index in [1.807, 2.05) is 5.38 Å². The molecule has 1 aromatic rings. The van der Waals surface area contributed by atoms with Gasteiger partial charge in [0.25, 0.3) is 5.91 Å². The summed E-state index contributed by atoms with van der Waals surface area (Å²) < 4.78 is 0. The molecular weight excluding hydrogens is 188 g/mol. The highest BCUT2D eigenvalue weighted by Crippen LogP contribution is 2.05. The second kappa shape index (κ2) is 3.85. The molecule has 0 aliphatic heterocycles. The van der Waals surface area contributed by atoms with Crippen molar-refractivity contribution in [1.82, 2.24) is 10.3 Å². The molecule has 0 atom stereocenters. The number of amides is 1. The molecule has 0 bridgehead atoms. The average molecular weight is 200 g/mol. The first-order valence-electron chi connectivity index (χ1n) is 3.89. The van der Waals surface area contributed by atoms with Crippen LogP contribution in [-0.4, -0.2) is 21.6 Å². The third-order valence-electron chi connectivity index (χ3n) is 1.44. The molecule has 0 saturated carbocycles. The zero-order valence-electron chi connectivity index (χ0n) is 7.57. The smallest absolute Gasteiger partial charge is 0.251 e. The van der Waals surface area contributed by atoms with Crippen LogP contribution in [0.25, 0.3) is 0 Å². The number of aliphatic hydroxyl groups is 1. The molecule has 0 spiro atoms. The molecule has 0 fully saturated rings. The number of aromatic nitrogens is 1. The van der Waals surface area contributed by atoms with Crippen LogP contribution in [0.2, 0.25) is 0 Å². The zero-order valence-corrected chi connectivity index (χ0v) is 8.39. The summed E-state index contributed by atoms with van der Waals surface area (Å²) in [5.41, 5.74) is -1.32. The molecule has 0 unspecified atom stereocenters. The van der Waals surface area contributed by atoms with Crippen molar-refractivity contribution in [2.45, 2.75) is 26.0 Å². The molecule has 1 heterocycles. The fourth-order valence-electron chi connectivity index (χ4n) is 0.712. The van der Waals surface area contributed by atoms with Gasteiger partial charge in [0.1, 0.15) is 10.6 Å². The Kier molecular flexibility index (Phi) is 3.00. The van der Waals surface area contributed by atoms with Crippen molar-refractivity contribution in [2.75, 3.05) is 0 Å². The van der Waals surface area contributed by atoms with Gasteiger partial charge in [0.15, 0.2) is 0 Å². The second-order valence-electron chi connectivity index (χ2n) is 3.17. The standard InChI is InChI=1S/C8H12N2O2S/c1-8(2,12)7(11)10-5-6-9-3-4-13-6/h3-4,12H,5H2,1-2H3,(H,10,11). The number of hydrogen-bond acceptors (Lipinski definition) is 4. The fraction of sp³-hybridized carbons (Fsp3) is 0.500. The number of nitrogens with zero attached hydrogens (tertiary/aromatic N) is 1. The van der Waals surface area contributed by atoms with E-state index in [0.717, 1.165) is 5.01 Å². The number of rotatable bonds is 3. The maximum absolute atomic E-state index is 11.2. The maximum atomic E-state index is 11.2. The Morgan fingerprint density at radius 1 is 1.77 bits per heavy atom. The number of carbonyl (C=O) groups excluding carboxylic acids is 1. The Labute approximate surface area is 80.6 Å². The summed E-state index contributed by atoms with van der Waals surface area (Å²) in [6.45, 7) is 3.27. The monoisotopic (exact) mass is 200 g/mol. The number of nitrogens with one attached hydrogen (secondary N) is 1. The van der Waals surface area contributed by atoms with Crippen LogP contribution in [0, 0.1) is 0 Å². The normalized spacial score (nSPS) is 11.3. The lowest BCUT2D eigenvalue weighted by Gasteiger charge is -2.15. The van der Waals surface area contributed by atoms with Gasteiger partial charge in [-0.1, -0.05) is 0 Å². The molecule has 2 N–H and O–H groups in total. The summed E-state index contributed by atoms with van der Waals surface area (Å²) in [5.74, 6) is -0.386. The molecule has 13 heavy (non-hydrogen) atoms. The van der Waals surface area contributed by atoms with Gasteiger partial charge in [0.05, 0.1) is 6.54 Å². The maximum Gasteiger partial charge on any atom is 0.251 e. The van der Waals surface area contributed by atoms with E-state index < -0.39 is 5.60 Å². The lowest BCUT2D eigenvalue weighted by molar-refractivity contribution is -0.136. The molecular formula is C8H12N2O2S. The third-order valence-corrected chi connectivity index (χ3v) is 2.22. The van der Waals surface area contributed by atoms with E-state index in [1.165, 1.54) is 25.2 Å². The molecule has 0 radical (unpaired) electrons. The van der Waals surface area contributed by atoms with Crippen molar-refractivity contribution >= 4 is 17.2 Å². The topological polar surface area (TPSA) is 62.2 Å². The SMILES string of the molecule is CC(C)(O)C(=O)NCc1nccs1. The number of thiazole rings is 1. The molecule has 1 amide bonds. The highest BCUT2D eigenvalue weighted by atomic mass is 32.1. The molecule has 1 rings (SSSR count). The first-order valence-corrected chi connectivity index (χ1v) is 4.77. The van der Waals surface area contributed by atoms with Gasteiger partial charge in [-0.05, 0) is 13.8 Å². The molecule has 5 heteroatoms. The highest BCUT2D eigenvalue weighted by Gasteiger charge is 2.23. The quantitative estimate of drug-likeness (QED) is 0.748. The number of carbonyl (C=O) groups is 1. The van der Waals surface area contributed by atoms with Crippen LogP contribution in [0.1, 0.15) is 18.9 Å². The van der Waals surface area contributed by atoms with E-state index in [9.17, 15) is 9.90 Å². The van der Waals surface area contributed by atoms with Gasteiger partial charge in [0.2, 0.25) is 0 Å². The van der Waals surface area contributed by atoms with Crippen LogP contribution in [0.4, 0.5) is 0 Å². The molecule has 0 aliphatic carbocycles. The van der Waals surface area contributed by atoms with Crippen molar-refractivity contribution in [3.05, 3.63) is 16.6 Å². The molecule has 0 aromatic carbocycles. The summed E-state index contributed by atoms with van der Waals surface area (Å²) in [7, 11) is 0. The minimum absolute atomic E-state index is 0.375. The first-order chi connectivity index (χ1) is 6.00. The van der Waals surface area contributed by atoms with Gasteiger partial charge >= 0.3 is 0 Å². The summed E-state index contributed by atoms with van der Waals surface area (Å²) in [5, 5.41) is 14.5. The van der Waals surface area contributed by atoms with Crippen molar-refractivity contribution in [2.24, 2.45) is 0 Å². The van der Waals surface area contributed by atoms with E-state index in [0.29, 0.717) is 6.54 Å². The van der Waals surface area contributed by atoms with E-state index in [4.69, 9.17) is 0 Å². The van der Waals surface area contributed by atoms with Crippen LogP contribution < -0.4 is 5.32 Å². The van der Waals surface area contributed by atoms with Crippen LogP contribution in [0.15, 0.2) is 11.6 Å². The number of hydrogen-bond donors (Lipinski definition) is 2. The van der Waals surface area contributed by atoms with Crippen molar-refractivity contribution in [1.29, 1.82) is 0 Å². The van der Waals surface area contributed by atoms with E-state index in [2.05, 4.69) is 10.3 Å². The van der Waals surface area contributed by atoms with Crippen molar-refractivity contribution in [3.63, 3.8) is 0 Å². The van der Waals surface area contributed by atoms with Crippen LogP contribution >= 0.6 is 11.3 Å². The summed E-state index contributed by atoms with van der Waals surface area (Å²) in [6, 6.07) is 0. The molecule has 72 valence electrons. The lowest BCUT2D eigenvalue weighted by Crippen LogP contribution is -2.41. The predicted molar refractivity (Wildman–Crippen MR) is 50.3 cm³/mol. The van der Waals surface area contributed by atoms with Crippen LogP contribution in [0.5, 0.6) is 0 Å². The first kappa shape index (κ1) is 10.1. The Morgan fingerprint density at radius 3 is 2.92 bits per heavy atom. The Hall–Kier alpha value is -0.940. The van der Waals surface area contributed by atoms with E-state index in [-0.39, 0.29) is 5.91 Å². The fourth-order valence-corrected chi connectivity index (χ4v) is 1.27. The molecule has 4 nitrogen and oxygen atoms in total. The van der Waals surface area contributed by atoms with Gasteiger partial charge in [-0.3, -0.25) is 4.79 Å². The van der Waals surface area contributed by atoms with Gasteiger partial charge in [-0.15, -0.1) is 11.3 Å². The van der Waals surface area contributed by atoms with Crippen LogP contribution in [-0.2, 0) is 11.3 Å². The minimum atomic E-state index is -1.32. The zero-order chi connectivity index (χ0) is 9.90. The summed E-state index contributed by atoms with van der Waals surface area (Å²) in [6.07, 6.45) is 1.68. The summed E-state index contributed by atoms with van der Waals surface area (Å²) in [4.78, 5) is 15.2. The molecule has 0 saturated heterocycles. The predicted octanol–water partition coefficient (Wildman–Crippen LogP) is 0.530. The van der Waals surface area contributed by atoms with E-state index in [1.54, 1.807) is 6.20 Å². The Balaban J connectivity index is 2.40. The summed E-state index contributed by atoms with van der Waals surface area (Å²) >= 11 is 1.47. The average Bonchev–Trinajstić information content (AvgIpc) is 2.50. The molecule has 0 aliphatic rings. The van der Waals surface area contributed by atoms with Gasteiger partial charge in [-0.25, -0.2) is 4.98 Å². The van der Waals surface area contributed by atoms with E-state index >= 15 is 0 Å². The van der Waals surface area contributed by atoms with Crippen molar-refractivity contribution < 1.29 is 9.90 Å². The van der Waals surface area contributed by atoms with Crippen molar-refractivity contribution in [3.8, 4) is 0 Å². The van der Waals surface area contributed by atoms with Gasteiger partial charge < -0.3 is 10.4 Å². The lowest BCUT2D eigenvalue weighted by atomic mass is 10.1. The van der Waals surface area contributed by atoms with Crippen LogP contribution in [0.3, 0.4) is 0 Å². The Bertz CT molecular complexity index is 277. The second-order valence-corrected chi connectivity index (χ2v) is 4.15. The Morgan fingerprint density at radius 2 is 2.46 bits per heavy atom. The largest absolute Gasteiger partial charge is 0.381 e. The highest BCUT2D eigenvalue weighted by molar-refractivity contribution is 7.09. The van der Waals surface area contributed by atoms with Gasteiger partial charge in [-0.2, -0.15) is 0 Å². The van der Waals surface area contributed by atoms with Gasteiger partial charge in [0, 0.05) is 11.6 Å². The third kappa shape index (κ3) is 3.12.